The minimum absolute atomic E-state index is 0.106. The fourth-order valence-electron chi connectivity index (χ4n) is 3.68. The lowest BCUT2D eigenvalue weighted by molar-refractivity contribution is 0.0306. The maximum atomic E-state index is 13.3. The summed E-state index contributed by atoms with van der Waals surface area (Å²) < 4.78 is 33.8. The highest BCUT2D eigenvalue weighted by Gasteiger charge is 2.25. The van der Waals surface area contributed by atoms with Gasteiger partial charge < -0.3 is 4.74 Å². The Labute approximate surface area is 210 Å². The first-order chi connectivity index (χ1) is 17.3. The molecule has 6 nitrogen and oxygen atoms in total. The number of sulfonamides is 1. The fraction of sp³-hybridized carbons (Fsp3) is 0.103. The maximum absolute atomic E-state index is 13.3. The van der Waals surface area contributed by atoms with Gasteiger partial charge in [-0.05, 0) is 30.7 Å². The van der Waals surface area contributed by atoms with Crippen LogP contribution in [0.25, 0.3) is 0 Å². The van der Waals surface area contributed by atoms with Crippen LogP contribution in [0.2, 0.25) is 0 Å². The summed E-state index contributed by atoms with van der Waals surface area (Å²) in [6, 6.07) is 30.3. The molecule has 182 valence electrons. The lowest BCUT2D eigenvalue weighted by Crippen LogP contribution is -2.31. The summed E-state index contributed by atoms with van der Waals surface area (Å²) >= 11 is 0. The highest BCUT2D eigenvalue weighted by Crippen LogP contribution is 2.22. The number of ether oxygens (including phenoxy) is 1. The minimum Gasteiger partial charge on any atom is -0.452 e. The predicted octanol–water partition coefficient (Wildman–Crippen LogP) is 5.10. The molecule has 36 heavy (non-hydrogen) atoms. The second-order valence-electron chi connectivity index (χ2n) is 8.21. The van der Waals surface area contributed by atoms with E-state index in [0.717, 1.165) is 5.56 Å². The quantitative estimate of drug-likeness (QED) is 0.256. The maximum Gasteiger partial charge on any atom is 0.339 e. The molecule has 0 bridgehead atoms. The first kappa shape index (κ1) is 25.0. The van der Waals surface area contributed by atoms with E-state index in [2.05, 4.69) is 4.72 Å². The van der Waals surface area contributed by atoms with E-state index >= 15 is 0 Å². The molecule has 0 amide bonds. The summed E-state index contributed by atoms with van der Waals surface area (Å²) in [5.74, 6) is -1.03. The van der Waals surface area contributed by atoms with Crippen molar-refractivity contribution in [1.82, 2.24) is 4.72 Å². The van der Waals surface area contributed by atoms with E-state index in [1.807, 2.05) is 25.1 Å². The van der Waals surface area contributed by atoms with Crippen molar-refractivity contribution in [2.45, 2.75) is 17.9 Å². The second-order valence-corrected chi connectivity index (χ2v) is 9.98. The zero-order valence-corrected chi connectivity index (χ0v) is 20.4. The molecule has 0 radical (unpaired) electrons. The first-order valence-electron chi connectivity index (χ1n) is 11.4. The first-order valence-corrected chi connectivity index (χ1v) is 12.8. The average Bonchev–Trinajstić information content (AvgIpc) is 2.92. The summed E-state index contributed by atoms with van der Waals surface area (Å²) in [7, 11) is -3.82. The molecule has 7 heteroatoms. The van der Waals surface area contributed by atoms with E-state index in [0.29, 0.717) is 11.1 Å². The number of rotatable bonds is 9. The highest BCUT2D eigenvalue weighted by atomic mass is 32.2. The van der Waals surface area contributed by atoms with Crippen molar-refractivity contribution in [3.05, 3.63) is 137 Å². The Bertz CT molecular complexity index is 1450. The molecule has 0 aliphatic heterocycles. The normalized spacial score (nSPS) is 12.0. The predicted molar refractivity (Wildman–Crippen MR) is 137 cm³/mol. The molecule has 0 fully saturated rings. The summed E-state index contributed by atoms with van der Waals surface area (Å²) in [6.07, 6.45) is -0.917. The van der Waals surface area contributed by atoms with E-state index < -0.39 is 22.1 Å². The number of hydrogen-bond donors (Lipinski definition) is 1. The number of esters is 1. The van der Waals surface area contributed by atoms with Gasteiger partial charge in [0.15, 0.2) is 5.78 Å². The smallest absolute Gasteiger partial charge is 0.339 e. The Morgan fingerprint density at radius 3 is 1.94 bits per heavy atom. The van der Waals surface area contributed by atoms with Gasteiger partial charge in [-0.3, -0.25) is 4.79 Å². The number of aryl methyl sites for hydroxylation is 1. The van der Waals surface area contributed by atoms with Crippen LogP contribution >= 0.6 is 0 Å². The third-order valence-corrected chi connectivity index (χ3v) is 7.08. The number of nitrogens with one attached hydrogen (secondary N) is 1. The van der Waals surface area contributed by atoms with Gasteiger partial charge in [0.05, 0.1) is 17.0 Å². The zero-order valence-electron chi connectivity index (χ0n) is 19.6. The molecule has 0 spiro atoms. The van der Waals surface area contributed by atoms with E-state index in [-0.39, 0.29) is 28.4 Å². The van der Waals surface area contributed by atoms with Crippen LogP contribution in [0.1, 0.15) is 43.5 Å². The van der Waals surface area contributed by atoms with Crippen molar-refractivity contribution in [2.75, 3.05) is 6.54 Å². The standard InChI is InChI=1S/C29H25NO5S/c1-21-16-18-23(19-17-21)28(31)25-14-8-9-15-26(25)29(32)35-27(22-10-4-2-5-11-22)20-30-36(33,34)24-12-6-3-7-13-24/h2-19,27,30H,20H2,1H3/t27-/m1/s1. The van der Waals surface area contributed by atoms with Gasteiger partial charge in [-0.1, -0.05) is 96.6 Å². The van der Waals surface area contributed by atoms with Crippen molar-refractivity contribution in [2.24, 2.45) is 0 Å². The highest BCUT2D eigenvalue weighted by molar-refractivity contribution is 7.89. The fourth-order valence-corrected chi connectivity index (χ4v) is 4.73. The number of hydrogen-bond acceptors (Lipinski definition) is 5. The molecular weight excluding hydrogens is 474 g/mol. The molecule has 0 aliphatic rings. The minimum atomic E-state index is -3.82. The Morgan fingerprint density at radius 2 is 1.31 bits per heavy atom. The molecule has 4 aromatic rings. The molecular formula is C29H25NO5S. The van der Waals surface area contributed by atoms with Gasteiger partial charge in [0, 0.05) is 11.1 Å². The van der Waals surface area contributed by atoms with Crippen molar-refractivity contribution >= 4 is 21.8 Å². The average molecular weight is 500 g/mol. The third-order valence-electron chi connectivity index (χ3n) is 5.64. The van der Waals surface area contributed by atoms with E-state index in [4.69, 9.17) is 4.74 Å². The van der Waals surface area contributed by atoms with Crippen LogP contribution in [0.15, 0.2) is 114 Å². The lowest BCUT2D eigenvalue weighted by Gasteiger charge is -2.20. The van der Waals surface area contributed by atoms with Crippen LogP contribution in [0.3, 0.4) is 0 Å². The second kappa shape index (κ2) is 11.1. The van der Waals surface area contributed by atoms with Crippen LogP contribution in [0, 0.1) is 6.92 Å². The molecule has 0 heterocycles. The van der Waals surface area contributed by atoms with Gasteiger partial charge in [-0.2, -0.15) is 0 Å². The van der Waals surface area contributed by atoms with Crippen molar-refractivity contribution in [1.29, 1.82) is 0 Å². The molecule has 0 aromatic heterocycles. The summed E-state index contributed by atoms with van der Waals surface area (Å²) in [6.45, 7) is 1.75. The molecule has 4 aromatic carbocycles. The number of ketones is 1. The molecule has 0 saturated carbocycles. The SMILES string of the molecule is Cc1ccc(C(=O)c2ccccc2C(=O)O[C@H](CNS(=O)(=O)c2ccccc2)c2ccccc2)cc1. The number of carbonyl (C=O) groups excluding carboxylic acids is 2. The van der Waals surface area contributed by atoms with Crippen molar-refractivity contribution < 1.29 is 22.7 Å². The van der Waals surface area contributed by atoms with Crippen LogP contribution in [-0.4, -0.2) is 26.7 Å². The molecule has 4 rings (SSSR count). The topological polar surface area (TPSA) is 89.5 Å². The summed E-state index contributed by atoms with van der Waals surface area (Å²) in [5, 5.41) is 0. The van der Waals surface area contributed by atoms with Crippen molar-refractivity contribution in [3.8, 4) is 0 Å². The van der Waals surface area contributed by atoms with Crippen LogP contribution in [0.5, 0.6) is 0 Å². The van der Waals surface area contributed by atoms with Gasteiger partial charge in [-0.25, -0.2) is 17.9 Å². The summed E-state index contributed by atoms with van der Waals surface area (Å²) in [4.78, 5) is 26.5. The van der Waals surface area contributed by atoms with Crippen LogP contribution < -0.4 is 4.72 Å². The van der Waals surface area contributed by atoms with Crippen LogP contribution in [0.4, 0.5) is 0 Å². The zero-order chi connectivity index (χ0) is 25.5. The van der Waals surface area contributed by atoms with Crippen molar-refractivity contribution in [3.63, 3.8) is 0 Å². The van der Waals surface area contributed by atoms with E-state index in [9.17, 15) is 18.0 Å². The Kier molecular flexibility index (Phi) is 7.73. The third kappa shape index (κ3) is 5.94. The Balaban J connectivity index is 1.59. The lowest BCUT2D eigenvalue weighted by atomic mass is 9.97. The number of carbonyl (C=O) groups is 2. The Morgan fingerprint density at radius 1 is 0.750 bits per heavy atom. The van der Waals surface area contributed by atoms with E-state index in [1.165, 1.54) is 18.2 Å². The van der Waals surface area contributed by atoms with Gasteiger partial charge in [-0.15, -0.1) is 0 Å². The number of benzene rings is 4. The molecule has 0 saturated heterocycles. The monoisotopic (exact) mass is 499 g/mol. The summed E-state index contributed by atoms with van der Waals surface area (Å²) in [5.41, 5.74) is 2.40. The Hall–Kier alpha value is -4.07. The van der Waals surface area contributed by atoms with E-state index in [1.54, 1.807) is 72.8 Å². The van der Waals surface area contributed by atoms with Gasteiger partial charge in [0.1, 0.15) is 6.10 Å². The van der Waals surface area contributed by atoms with Crippen LogP contribution in [-0.2, 0) is 14.8 Å². The van der Waals surface area contributed by atoms with Gasteiger partial charge >= 0.3 is 5.97 Å². The molecule has 0 unspecified atom stereocenters. The largest absolute Gasteiger partial charge is 0.452 e. The molecule has 1 atom stereocenters. The van der Waals surface area contributed by atoms with Gasteiger partial charge in [0.2, 0.25) is 10.0 Å². The molecule has 0 aliphatic carbocycles. The van der Waals surface area contributed by atoms with Gasteiger partial charge in [0.25, 0.3) is 0 Å². The molecule has 1 N–H and O–H groups in total.